The molecule has 23 heavy (non-hydrogen) atoms. The number of carbonyl (C=O) groups excluding carboxylic acids is 1. The summed E-state index contributed by atoms with van der Waals surface area (Å²) in [7, 11) is 0. The van der Waals surface area contributed by atoms with Gasteiger partial charge in [-0.1, -0.05) is 19.8 Å². The van der Waals surface area contributed by atoms with Gasteiger partial charge in [0.2, 0.25) is 11.7 Å². The Morgan fingerprint density at radius 1 is 1.30 bits per heavy atom. The molecule has 7 heteroatoms. The van der Waals surface area contributed by atoms with Crippen molar-refractivity contribution >= 4 is 5.91 Å². The lowest BCUT2D eigenvalue weighted by molar-refractivity contribution is -0.123. The molecule has 0 aliphatic heterocycles. The van der Waals surface area contributed by atoms with Crippen LogP contribution in [0, 0.1) is 11.7 Å². The summed E-state index contributed by atoms with van der Waals surface area (Å²) in [5.41, 5.74) is 0.666. The van der Waals surface area contributed by atoms with E-state index in [1.807, 2.05) is 0 Å². The normalized spacial score (nSPS) is 21.1. The second-order valence-electron chi connectivity index (χ2n) is 6.09. The van der Waals surface area contributed by atoms with Crippen LogP contribution in [0.15, 0.2) is 24.3 Å². The van der Waals surface area contributed by atoms with Crippen LogP contribution in [0.3, 0.4) is 0 Å². The van der Waals surface area contributed by atoms with Crippen LogP contribution in [0.1, 0.15) is 32.6 Å². The highest BCUT2D eigenvalue weighted by Crippen LogP contribution is 2.23. The van der Waals surface area contributed by atoms with E-state index in [-0.39, 0.29) is 24.3 Å². The Morgan fingerprint density at radius 2 is 2.04 bits per heavy atom. The topological polar surface area (TPSA) is 72.7 Å². The molecule has 1 saturated carbocycles. The van der Waals surface area contributed by atoms with Crippen LogP contribution in [0.5, 0.6) is 0 Å². The van der Waals surface area contributed by atoms with Gasteiger partial charge in [0, 0.05) is 11.6 Å². The van der Waals surface area contributed by atoms with E-state index in [0.717, 1.165) is 19.3 Å². The van der Waals surface area contributed by atoms with Gasteiger partial charge in [0.25, 0.3) is 0 Å². The molecule has 0 radical (unpaired) electrons. The maximum atomic E-state index is 12.9. The summed E-state index contributed by atoms with van der Waals surface area (Å²) < 4.78 is 12.9. The van der Waals surface area contributed by atoms with Gasteiger partial charge in [0.05, 0.1) is 0 Å². The van der Waals surface area contributed by atoms with Gasteiger partial charge in [0.15, 0.2) is 0 Å². The van der Waals surface area contributed by atoms with Crippen LogP contribution in [0.2, 0.25) is 0 Å². The number of tetrazole rings is 1. The number of nitrogens with one attached hydrogen (secondary N) is 1. The predicted molar refractivity (Wildman–Crippen MR) is 82.8 cm³/mol. The number of aromatic nitrogens is 4. The fourth-order valence-corrected chi connectivity index (χ4v) is 2.94. The second-order valence-corrected chi connectivity index (χ2v) is 6.09. The number of rotatable bonds is 4. The van der Waals surface area contributed by atoms with Crippen molar-refractivity contribution < 1.29 is 9.18 Å². The molecule has 0 unspecified atom stereocenters. The Bertz CT molecular complexity index is 669. The molecule has 1 aromatic carbocycles. The first-order valence-corrected chi connectivity index (χ1v) is 7.95. The highest BCUT2D eigenvalue weighted by molar-refractivity contribution is 5.75. The third kappa shape index (κ3) is 3.91. The lowest BCUT2D eigenvalue weighted by Crippen LogP contribution is -2.42. The van der Waals surface area contributed by atoms with Crippen LogP contribution < -0.4 is 5.32 Å². The van der Waals surface area contributed by atoms with E-state index >= 15 is 0 Å². The quantitative estimate of drug-likeness (QED) is 0.938. The fraction of sp³-hybridized carbons (Fsp3) is 0.500. The second kappa shape index (κ2) is 6.85. The summed E-state index contributed by atoms with van der Waals surface area (Å²) in [6.45, 7) is 2.21. The van der Waals surface area contributed by atoms with Crippen molar-refractivity contribution in [2.75, 3.05) is 0 Å². The molecule has 0 spiro atoms. The molecule has 3 rings (SSSR count). The van der Waals surface area contributed by atoms with E-state index in [9.17, 15) is 9.18 Å². The summed E-state index contributed by atoms with van der Waals surface area (Å²) in [5.74, 6) is 0.462. The molecule has 1 aromatic heterocycles. The number of amides is 1. The van der Waals surface area contributed by atoms with Crippen LogP contribution in [0.4, 0.5) is 4.39 Å². The zero-order valence-electron chi connectivity index (χ0n) is 13.1. The third-order valence-corrected chi connectivity index (χ3v) is 4.30. The molecule has 1 amide bonds. The van der Waals surface area contributed by atoms with Gasteiger partial charge < -0.3 is 5.32 Å². The maximum absolute atomic E-state index is 12.9. The van der Waals surface area contributed by atoms with Crippen molar-refractivity contribution in [1.29, 1.82) is 0 Å². The van der Waals surface area contributed by atoms with Crippen molar-refractivity contribution in [2.24, 2.45) is 5.92 Å². The van der Waals surface area contributed by atoms with Crippen LogP contribution in [-0.2, 0) is 11.3 Å². The van der Waals surface area contributed by atoms with Gasteiger partial charge in [-0.15, -0.1) is 10.2 Å². The average Bonchev–Trinajstić information content (AvgIpc) is 2.98. The molecule has 1 fully saturated rings. The van der Waals surface area contributed by atoms with Crippen LogP contribution >= 0.6 is 0 Å². The predicted octanol–water partition coefficient (Wildman–Crippen LogP) is 2.17. The zero-order valence-corrected chi connectivity index (χ0v) is 13.1. The van der Waals surface area contributed by atoms with E-state index in [1.165, 1.54) is 23.4 Å². The molecular formula is C16H20FN5O. The minimum absolute atomic E-state index is 0.0391. The van der Waals surface area contributed by atoms with Gasteiger partial charge in [-0.3, -0.25) is 4.79 Å². The van der Waals surface area contributed by atoms with E-state index < -0.39 is 0 Å². The van der Waals surface area contributed by atoms with E-state index in [2.05, 4.69) is 27.7 Å². The van der Waals surface area contributed by atoms with E-state index in [0.29, 0.717) is 17.3 Å². The average molecular weight is 317 g/mol. The van der Waals surface area contributed by atoms with Crippen molar-refractivity contribution in [3.8, 4) is 11.4 Å². The molecule has 1 N–H and O–H groups in total. The highest BCUT2D eigenvalue weighted by atomic mass is 19.1. The first-order chi connectivity index (χ1) is 11.1. The Balaban J connectivity index is 1.60. The molecule has 2 aromatic rings. The monoisotopic (exact) mass is 317 g/mol. The van der Waals surface area contributed by atoms with Crippen molar-refractivity contribution in [2.45, 2.75) is 45.2 Å². The summed E-state index contributed by atoms with van der Waals surface area (Å²) >= 11 is 0. The summed E-state index contributed by atoms with van der Waals surface area (Å²) in [6, 6.07) is 6.08. The van der Waals surface area contributed by atoms with Gasteiger partial charge in [-0.05, 0) is 48.2 Å². The molecule has 122 valence electrons. The number of carbonyl (C=O) groups is 1. The smallest absolute Gasteiger partial charge is 0.243 e. The summed E-state index contributed by atoms with van der Waals surface area (Å²) in [5, 5.41) is 15.0. The zero-order chi connectivity index (χ0) is 16.2. The first-order valence-electron chi connectivity index (χ1n) is 7.95. The Morgan fingerprint density at radius 3 is 2.78 bits per heavy atom. The molecule has 6 nitrogen and oxygen atoms in total. The lowest BCUT2D eigenvalue weighted by atomic mass is 9.86. The maximum Gasteiger partial charge on any atom is 0.243 e. The Kier molecular flexibility index (Phi) is 4.64. The van der Waals surface area contributed by atoms with Crippen LogP contribution in [-0.4, -0.2) is 32.2 Å². The van der Waals surface area contributed by atoms with Gasteiger partial charge in [0.1, 0.15) is 12.4 Å². The first kappa shape index (κ1) is 15.6. The molecule has 1 aliphatic carbocycles. The molecule has 2 atom stereocenters. The number of nitrogens with zero attached hydrogens (tertiary/aromatic N) is 4. The van der Waals surface area contributed by atoms with Gasteiger partial charge in [-0.25, -0.2) is 4.39 Å². The molecule has 0 bridgehead atoms. The lowest BCUT2D eigenvalue weighted by Gasteiger charge is -2.29. The third-order valence-electron chi connectivity index (χ3n) is 4.30. The largest absolute Gasteiger partial charge is 0.351 e. The molecule has 1 heterocycles. The molecule has 1 aliphatic rings. The molecule has 0 saturated heterocycles. The standard InChI is InChI=1S/C16H20FN5O/c1-11-4-2-3-5-14(11)18-15(23)10-22-20-16(19-21-22)12-6-8-13(17)9-7-12/h6-9,11,14H,2-5,10H2,1H3,(H,18,23)/t11-,14+/m0/s1. The minimum Gasteiger partial charge on any atom is -0.351 e. The Hall–Kier alpha value is -2.31. The Labute approximate surface area is 134 Å². The van der Waals surface area contributed by atoms with Crippen molar-refractivity contribution in [3.63, 3.8) is 0 Å². The van der Waals surface area contributed by atoms with Crippen molar-refractivity contribution in [3.05, 3.63) is 30.1 Å². The van der Waals surface area contributed by atoms with E-state index in [4.69, 9.17) is 0 Å². The number of halogens is 1. The highest BCUT2D eigenvalue weighted by Gasteiger charge is 2.23. The van der Waals surface area contributed by atoms with Gasteiger partial charge in [-0.2, -0.15) is 4.80 Å². The van der Waals surface area contributed by atoms with Crippen molar-refractivity contribution in [1.82, 2.24) is 25.5 Å². The van der Waals surface area contributed by atoms with Gasteiger partial charge >= 0.3 is 0 Å². The van der Waals surface area contributed by atoms with E-state index in [1.54, 1.807) is 12.1 Å². The molecular weight excluding hydrogens is 297 g/mol. The minimum atomic E-state index is -0.317. The fourth-order valence-electron chi connectivity index (χ4n) is 2.94. The number of benzene rings is 1. The summed E-state index contributed by atoms with van der Waals surface area (Å²) in [6.07, 6.45) is 4.57. The SMILES string of the molecule is C[C@H]1CCCC[C@H]1NC(=O)Cn1nnc(-c2ccc(F)cc2)n1. The summed E-state index contributed by atoms with van der Waals surface area (Å²) in [4.78, 5) is 13.4. The van der Waals surface area contributed by atoms with Crippen LogP contribution in [0.25, 0.3) is 11.4 Å². The number of hydrogen-bond acceptors (Lipinski definition) is 4. The number of hydrogen-bond donors (Lipinski definition) is 1.